The summed E-state index contributed by atoms with van der Waals surface area (Å²) < 4.78 is 4.17. The van der Waals surface area contributed by atoms with Crippen molar-refractivity contribution in [3.63, 3.8) is 0 Å². The molecule has 0 radical (unpaired) electrons. The summed E-state index contributed by atoms with van der Waals surface area (Å²) in [5, 5.41) is 3.21. The number of aromatic nitrogens is 4. The Kier molecular flexibility index (Phi) is 3.82. The Bertz CT molecular complexity index is 923. The molecule has 6 heteroatoms. The second-order valence-corrected chi connectivity index (χ2v) is 7.04. The van der Waals surface area contributed by atoms with Gasteiger partial charge in [-0.15, -0.1) is 0 Å². The minimum Gasteiger partial charge on any atom is -0.344 e. The zero-order chi connectivity index (χ0) is 17.6. The van der Waals surface area contributed by atoms with Crippen LogP contribution in [0.2, 0.25) is 0 Å². The van der Waals surface area contributed by atoms with Crippen molar-refractivity contribution < 1.29 is 4.79 Å². The molecule has 2 aromatic heterocycles. The number of nitrogens with zero attached hydrogens (tertiary/aromatic N) is 4. The van der Waals surface area contributed by atoms with Crippen LogP contribution < -0.4 is 5.32 Å². The predicted octanol–water partition coefficient (Wildman–Crippen LogP) is 3.00. The third-order valence-corrected chi connectivity index (χ3v) is 4.98. The number of aryl methyl sites for hydroxylation is 2. The highest BCUT2D eigenvalue weighted by Gasteiger charge is 2.32. The highest BCUT2D eigenvalue weighted by Crippen LogP contribution is 2.29. The summed E-state index contributed by atoms with van der Waals surface area (Å²) in [6.07, 6.45) is 4.65. The lowest BCUT2D eigenvalue weighted by Gasteiger charge is -2.25. The number of rotatable bonds is 4. The van der Waals surface area contributed by atoms with Crippen molar-refractivity contribution in [1.29, 1.82) is 0 Å². The van der Waals surface area contributed by atoms with Gasteiger partial charge in [0.15, 0.2) is 0 Å². The normalized spacial score (nSPS) is 17.8. The van der Waals surface area contributed by atoms with E-state index in [1.165, 1.54) is 0 Å². The van der Waals surface area contributed by atoms with E-state index in [9.17, 15) is 4.79 Å². The maximum atomic E-state index is 13.2. The molecule has 0 saturated heterocycles. The smallest absolute Gasteiger partial charge is 0.243 e. The highest BCUT2D eigenvalue weighted by atomic mass is 16.2. The average Bonchev–Trinajstić information content (AvgIpc) is 3.24. The minimum atomic E-state index is -0.295. The van der Waals surface area contributed by atoms with E-state index in [0.29, 0.717) is 0 Å². The van der Waals surface area contributed by atoms with Crippen LogP contribution in [0.5, 0.6) is 0 Å². The van der Waals surface area contributed by atoms with E-state index in [0.717, 1.165) is 35.6 Å². The van der Waals surface area contributed by atoms with Crippen LogP contribution in [0, 0.1) is 12.8 Å². The van der Waals surface area contributed by atoms with Crippen LogP contribution in [-0.2, 0) is 11.3 Å². The minimum absolute atomic E-state index is 0.0150. The lowest BCUT2D eigenvalue weighted by molar-refractivity contribution is -0.126. The second-order valence-electron chi connectivity index (χ2n) is 7.04. The maximum absolute atomic E-state index is 13.2. The molecule has 4 rings (SSSR count). The van der Waals surface area contributed by atoms with Crippen molar-refractivity contribution in [1.82, 2.24) is 24.4 Å². The van der Waals surface area contributed by atoms with Crippen molar-refractivity contribution in [2.24, 2.45) is 5.92 Å². The summed E-state index contributed by atoms with van der Waals surface area (Å²) in [4.78, 5) is 22.2. The number of benzene rings is 1. The van der Waals surface area contributed by atoms with Gasteiger partial charge in [-0.3, -0.25) is 4.79 Å². The van der Waals surface area contributed by atoms with Crippen LogP contribution in [0.1, 0.15) is 44.0 Å². The molecule has 1 aromatic carbocycles. The molecule has 3 heterocycles. The summed E-state index contributed by atoms with van der Waals surface area (Å²) in [6.45, 7) is 7.02. The van der Waals surface area contributed by atoms with Gasteiger partial charge in [0.05, 0.1) is 17.1 Å². The number of fused-ring (bicyclic) bond motifs is 2. The topological polar surface area (TPSA) is 64.7 Å². The highest BCUT2D eigenvalue weighted by molar-refractivity contribution is 5.84. The monoisotopic (exact) mass is 337 g/mol. The Morgan fingerprint density at radius 1 is 1.32 bits per heavy atom. The van der Waals surface area contributed by atoms with Crippen molar-refractivity contribution in [2.75, 3.05) is 0 Å². The molecule has 2 unspecified atom stereocenters. The number of imidazole rings is 2. The molecule has 0 fully saturated rings. The molecule has 0 aliphatic carbocycles. The Hall–Kier alpha value is -2.63. The van der Waals surface area contributed by atoms with Crippen LogP contribution in [0.4, 0.5) is 0 Å². The van der Waals surface area contributed by atoms with Gasteiger partial charge in [-0.05, 0) is 31.4 Å². The van der Waals surface area contributed by atoms with E-state index in [2.05, 4.69) is 38.3 Å². The number of hydrogen-bond acceptors (Lipinski definition) is 3. The number of carbonyl (C=O) groups is 1. The Labute approximate surface area is 146 Å². The number of carbonyl (C=O) groups excluding carboxylic acids is 1. The van der Waals surface area contributed by atoms with E-state index >= 15 is 0 Å². The first-order valence-corrected chi connectivity index (χ1v) is 8.81. The van der Waals surface area contributed by atoms with Gasteiger partial charge >= 0.3 is 0 Å². The van der Waals surface area contributed by atoms with Crippen molar-refractivity contribution in [3.05, 3.63) is 48.3 Å². The van der Waals surface area contributed by atoms with Crippen LogP contribution in [-0.4, -0.2) is 25.0 Å². The number of amides is 1. The fourth-order valence-corrected chi connectivity index (χ4v) is 3.85. The van der Waals surface area contributed by atoms with Gasteiger partial charge in [0.2, 0.25) is 5.91 Å². The Morgan fingerprint density at radius 2 is 2.12 bits per heavy atom. The average molecular weight is 337 g/mol. The lowest BCUT2D eigenvalue weighted by Crippen LogP contribution is -2.37. The fraction of sp³-hybridized carbons (Fsp3) is 0.421. The van der Waals surface area contributed by atoms with Gasteiger partial charge in [0.1, 0.15) is 17.7 Å². The molecule has 130 valence electrons. The first-order valence-electron chi connectivity index (χ1n) is 8.81. The largest absolute Gasteiger partial charge is 0.344 e. The molecule has 0 saturated carbocycles. The van der Waals surface area contributed by atoms with Crippen LogP contribution >= 0.6 is 0 Å². The van der Waals surface area contributed by atoms with Crippen LogP contribution in [0.3, 0.4) is 0 Å². The molecule has 0 bridgehead atoms. The van der Waals surface area contributed by atoms with Crippen molar-refractivity contribution in [2.45, 2.75) is 45.8 Å². The molecule has 1 aliphatic rings. The van der Waals surface area contributed by atoms with Gasteiger partial charge in [-0.2, -0.15) is 0 Å². The summed E-state index contributed by atoms with van der Waals surface area (Å²) in [7, 11) is 0. The summed E-state index contributed by atoms with van der Waals surface area (Å²) in [5.41, 5.74) is 1.93. The van der Waals surface area contributed by atoms with Crippen LogP contribution in [0.15, 0.2) is 36.7 Å². The SMILES string of the molecule is Cc1nc2ccccc2n1C(C(=O)NC1CCn2ccnc21)C(C)C. The van der Waals surface area contributed by atoms with Crippen LogP contribution in [0.25, 0.3) is 11.0 Å². The number of para-hydroxylation sites is 2. The summed E-state index contributed by atoms with van der Waals surface area (Å²) in [6, 6.07) is 7.67. The zero-order valence-electron chi connectivity index (χ0n) is 14.8. The van der Waals surface area contributed by atoms with Crippen molar-refractivity contribution in [3.8, 4) is 0 Å². The van der Waals surface area contributed by atoms with Crippen molar-refractivity contribution >= 4 is 16.9 Å². The van der Waals surface area contributed by atoms with Gasteiger partial charge in [-0.25, -0.2) is 9.97 Å². The predicted molar refractivity (Wildman–Crippen MR) is 96.1 cm³/mol. The number of hydrogen-bond donors (Lipinski definition) is 1. The molecule has 1 aliphatic heterocycles. The molecule has 1 amide bonds. The zero-order valence-corrected chi connectivity index (χ0v) is 14.8. The molecule has 25 heavy (non-hydrogen) atoms. The summed E-state index contributed by atoms with van der Waals surface area (Å²) in [5.74, 6) is 1.99. The molecule has 0 spiro atoms. The first kappa shape index (κ1) is 15.9. The lowest BCUT2D eigenvalue weighted by atomic mass is 10.0. The van der Waals surface area contributed by atoms with E-state index < -0.39 is 0 Å². The molecule has 3 aromatic rings. The number of nitrogens with one attached hydrogen (secondary N) is 1. The Morgan fingerprint density at radius 3 is 2.92 bits per heavy atom. The van der Waals surface area contributed by atoms with Gasteiger partial charge < -0.3 is 14.5 Å². The summed E-state index contributed by atoms with van der Waals surface area (Å²) >= 11 is 0. The van der Waals surface area contributed by atoms with Gasteiger partial charge in [0.25, 0.3) is 0 Å². The quantitative estimate of drug-likeness (QED) is 0.796. The molecular formula is C19H23N5O. The van der Waals surface area contributed by atoms with Gasteiger partial charge in [0, 0.05) is 18.9 Å². The van der Waals surface area contributed by atoms with E-state index in [1.54, 1.807) is 6.20 Å². The molecule has 1 N–H and O–H groups in total. The van der Waals surface area contributed by atoms with Gasteiger partial charge in [-0.1, -0.05) is 26.0 Å². The third kappa shape index (κ3) is 2.62. The fourth-order valence-electron chi connectivity index (χ4n) is 3.85. The third-order valence-electron chi connectivity index (χ3n) is 4.98. The molecule has 6 nitrogen and oxygen atoms in total. The Balaban J connectivity index is 1.67. The second kappa shape index (κ2) is 6.02. The maximum Gasteiger partial charge on any atom is 0.243 e. The van der Waals surface area contributed by atoms with E-state index in [-0.39, 0.29) is 23.9 Å². The standard InChI is InChI=1S/C19H23N5O/c1-12(2)17(24-13(3)21-14-6-4-5-7-16(14)24)19(25)22-15-8-10-23-11-9-20-18(15)23/h4-7,9,11-12,15,17H,8,10H2,1-3H3,(H,22,25). The van der Waals surface area contributed by atoms with E-state index in [4.69, 9.17) is 0 Å². The molecule has 2 atom stereocenters. The van der Waals surface area contributed by atoms with E-state index in [1.807, 2.05) is 37.4 Å². The molecular weight excluding hydrogens is 314 g/mol. The first-order chi connectivity index (χ1) is 12.1.